The number of hydrogen-bond donors (Lipinski definition) is 4. The van der Waals surface area contributed by atoms with Crippen LogP contribution < -0.4 is 10.6 Å². The van der Waals surface area contributed by atoms with E-state index in [9.17, 15) is 29.0 Å². The standard InChI is InChI=1S/C27H33ClFN3O5/c1-15-19(6-5-7-22(15)33)24(35)30-20(12-16-8-10-18(29)11-9-16)23(34)26(37)32-14-17(28)13-21(32)25(36)31-27(2,3)4/h5-11,17,20-21,23,33-34H,12-14H2,1-4H3,(H,30,35)(H,31,36)/t17-,20-,21-,23-/m0/s1. The molecule has 4 N–H and O–H groups in total. The molecule has 3 amide bonds. The number of likely N-dealkylation sites (tertiary alicyclic amines) is 1. The molecule has 1 heterocycles. The van der Waals surface area contributed by atoms with Gasteiger partial charge in [0.15, 0.2) is 6.10 Å². The van der Waals surface area contributed by atoms with Crippen LogP contribution in [0.2, 0.25) is 0 Å². The number of benzene rings is 2. The number of aliphatic hydroxyl groups is 1. The molecule has 0 unspecified atom stereocenters. The molecule has 0 radical (unpaired) electrons. The summed E-state index contributed by atoms with van der Waals surface area (Å²) >= 11 is 6.30. The maximum Gasteiger partial charge on any atom is 0.254 e. The Bertz CT molecular complexity index is 1150. The second-order valence-electron chi connectivity index (χ2n) is 10.4. The van der Waals surface area contributed by atoms with E-state index in [-0.39, 0.29) is 36.6 Å². The molecule has 1 aliphatic rings. The van der Waals surface area contributed by atoms with E-state index in [0.717, 1.165) is 0 Å². The minimum Gasteiger partial charge on any atom is -0.508 e. The molecule has 0 saturated carbocycles. The number of aliphatic hydroxyl groups excluding tert-OH is 1. The quantitative estimate of drug-likeness (QED) is 0.408. The Morgan fingerprint density at radius 2 is 1.81 bits per heavy atom. The van der Waals surface area contributed by atoms with E-state index >= 15 is 0 Å². The number of nitrogens with zero attached hydrogens (tertiary/aromatic N) is 1. The lowest BCUT2D eigenvalue weighted by molar-refractivity contribution is -0.146. The first-order valence-electron chi connectivity index (χ1n) is 12.1. The number of carbonyl (C=O) groups is 3. The number of halogens is 2. The van der Waals surface area contributed by atoms with E-state index in [2.05, 4.69) is 10.6 Å². The molecule has 3 rings (SSSR count). The van der Waals surface area contributed by atoms with E-state index in [0.29, 0.717) is 11.1 Å². The van der Waals surface area contributed by atoms with Gasteiger partial charge in [0.25, 0.3) is 11.8 Å². The molecular weight excluding hydrogens is 501 g/mol. The average molecular weight is 534 g/mol. The summed E-state index contributed by atoms with van der Waals surface area (Å²) in [7, 11) is 0. The van der Waals surface area contributed by atoms with Crippen LogP contribution >= 0.6 is 11.6 Å². The number of phenolic OH excluding ortho intramolecular Hbond substituents is 1. The number of nitrogens with one attached hydrogen (secondary N) is 2. The Morgan fingerprint density at radius 3 is 2.43 bits per heavy atom. The first-order valence-corrected chi connectivity index (χ1v) is 12.5. The summed E-state index contributed by atoms with van der Waals surface area (Å²) in [5.74, 6) is -2.26. The number of carbonyl (C=O) groups excluding carboxylic acids is 3. The molecule has 1 aliphatic heterocycles. The molecule has 0 bridgehead atoms. The van der Waals surface area contributed by atoms with E-state index in [4.69, 9.17) is 11.6 Å². The minimum absolute atomic E-state index is 0.00773. The Morgan fingerprint density at radius 1 is 1.16 bits per heavy atom. The Labute approximate surface area is 220 Å². The topological polar surface area (TPSA) is 119 Å². The summed E-state index contributed by atoms with van der Waals surface area (Å²) in [6.45, 7) is 7.08. The van der Waals surface area contributed by atoms with E-state index in [1.807, 2.05) is 20.8 Å². The van der Waals surface area contributed by atoms with Gasteiger partial charge in [0.05, 0.1) is 11.4 Å². The van der Waals surface area contributed by atoms with Crippen LogP contribution in [0.4, 0.5) is 4.39 Å². The van der Waals surface area contributed by atoms with Crippen molar-refractivity contribution in [3.05, 3.63) is 65.0 Å². The molecule has 0 spiro atoms. The lowest BCUT2D eigenvalue weighted by Gasteiger charge is -2.32. The van der Waals surface area contributed by atoms with Gasteiger partial charge in [-0.2, -0.15) is 0 Å². The first-order chi connectivity index (χ1) is 17.3. The summed E-state index contributed by atoms with van der Waals surface area (Å²) in [4.78, 5) is 40.7. The summed E-state index contributed by atoms with van der Waals surface area (Å²) in [5.41, 5.74) is 0.551. The van der Waals surface area contributed by atoms with Crippen molar-refractivity contribution >= 4 is 29.3 Å². The van der Waals surface area contributed by atoms with E-state index in [1.165, 1.54) is 47.4 Å². The fraction of sp³-hybridized carbons (Fsp3) is 0.444. The number of alkyl halides is 1. The van der Waals surface area contributed by atoms with Gasteiger partial charge in [-0.25, -0.2) is 4.39 Å². The Balaban J connectivity index is 1.87. The number of amides is 3. The lowest BCUT2D eigenvalue weighted by Crippen LogP contribution is -2.57. The fourth-order valence-electron chi connectivity index (χ4n) is 4.30. The molecule has 8 nitrogen and oxygen atoms in total. The molecule has 2 aromatic rings. The van der Waals surface area contributed by atoms with Crippen molar-refractivity contribution in [1.29, 1.82) is 0 Å². The number of aromatic hydroxyl groups is 1. The van der Waals surface area contributed by atoms with Crippen LogP contribution in [0.3, 0.4) is 0 Å². The molecule has 10 heteroatoms. The molecule has 1 saturated heterocycles. The van der Waals surface area contributed by atoms with Crippen LogP contribution in [0.15, 0.2) is 42.5 Å². The second-order valence-corrected chi connectivity index (χ2v) is 11.0. The molecular formula is C27H33ClFN3O5. The van der Waals surface area contributed by atoms with Crippen LogP contribution in [-0.2, 0) is 16.0 Å². The molecule has 4 atom stereocenters. The van der Waals surface area contributed by atoms with Crippen molar-refractivity contribution in [2.24, 2.45) is 0 Å². The van der Waals surface area contributed by atoms with Gasteiger partial charge in [0.2, 0.25) is 5.91 Å². The van der Waals surface area contributed by atoms with Crippen LogP contribution in [0.1, 0.15) is 48.7 Å². The van der Waals surface area contributed by atoms with Crippen LogP contribution in [0.25, 0.3) is 0 Å². The maximum atomic E-state index is 13.5. The van der Waals surface area contributed by atoms with Gasteiger partial charge in [0.1, 0.15) is 17.6 Å². The lowest BCUT2D eigenvalue weighted by atomic mass is 9.98. The van der Waals surface area contributed by atoms with E-state index < -0.39 is 46.7 Å². The van der Waals surface area contributed by atoms with Gasteiger partial charge in [-0.1, -0.05) is 18.2 Å². The SMILES string of the molecule is Cc1c(O)cccc1C(=O)N[C@@H](Cc1ccc(F)cc1)[C@H](O)C(=O)N1C[C@@H](Cl)C[C@H]1C(=O)NC(C)(C)C. The number of phenols is 1. The highest BCUT2D eigenvalue weighted by Gasteiger charge is 2.43. The highest BCUT2D eigenvalue weighted by molar-refractivity contribution is 6.21. The van der Waals surface area contributed by atoms with Gasteiger partial charge in [-0.05, 0) is 70.4 Å². The molecule has 200 valence electrons. The van der Waals surface area contributed by atoms with Gasteiger partial charge >= 0.3 is 0 Å². The van der Waals surface area contributed by atoms with Gasteiger partial charge in [0, 0.05) is 23.2 Å². The first kappa shape index (κ1) is 28.4. The smallest absolute Gasteiger partial charge is 0.254 e. The van der Waals surface area contributed by atoms with Crippen molar-refractivity contribution < 1.29 is 29.0 Å². The normalized spacial score (nSPS) is 19.3. The van der Waals surface area contributed by atoms with Crippen molar-refractivity contribution in [3.63, 3.8) is 0 Å². The zero-order chi connectivity index (χ0) is 27.5. The second kappa shape index (κ2) is 11.5. The predicted molar refractivity (Wildman–Crippen MR) is 138 cm³/mol. The molecule has 2 aromatic carbocycles. The number of hydrogen-bond acceptors (Lipinski definition) is 5. The predicted octanol–water partition coefficient (Wildman–Crippen LogP) is 2.66. The van der Waals surface area contributed by atoms with Crippen LogP contribution in [0, 0.1) is 12.7 Å². The highest BCUT2D eigenvalue weighted by Crippen LogP contribution is 2.25. The van der Waals surface area contributed by atoms with Crippen molar-refractivity contribution in [2.75, 3.05) is 6.54 Å². The van der Waals surface area contributed by atoms with Gasteiger partial charge < -0.3 is 25.7 Å². The highest BCUT2D eigenvalue weighted by atomic mass is 35.5. The Hall–Kier alpha value is -3.17. The van der Waals surface area contributed by atoms with Gasteiger partial charge in [-0.3, -0.25) is 14.4 Å². The molecule has 1 fully saturated rings. The van der Waals surface area contributed by atoms with Gasteiger partial charge in [-0.15, -0.1) is 11.6 Å². The monoisotopic (exact) mass is 533 g/mol. The summed E-state index contributed by atoms with van der Waals surface area (Å²) in [5, 5.41) is 26.2. The molecule has 0 aliphatic carbocycles. The average Bonchev–Trinajstić information content (AvgIpc) is 3.21. The minimum atomic E-state index is -1.72. The van der Waals surface area contributed by atoms with Crippen molar-refractivity contribution in [2.45, 2.75) is 69.6 Å². The summed E-state index contributed by atoms with van der Waals surface area (Å²) in [6.07, 6.45) is -1.49. The van der Waals surface area contributed by atoms with Crippen molar-refractivity contribution in [1.82, 2.24) is 15.5 Å². The maximum absolute atomic E-state index is 13.5. The van der Waals surface area contributed by atoms with Crippen molar-refractivity contribution in [3.8, 4) is 5.75 Å². The summed E-state index contributed by atoms with van der Waals surface area (Å²) in [6, 6.07) is 7.95. The third-order valence-corrected chi connectivity index (χ3v) is 6.52. The summed E-state index contributed by atoms with van der Waals surface area (Å²) < 4.78 is 13.4. The third-order valence-electron chi connectivity index (χ3n) is 6.20. The third kappa shape index (κ3) is 7.20. The van der Waals surface area contributed by atoms with Crippen LogP contribution in [-0.4, -0.2) is 68.5 Å². The van der Waals surface area contributed by atoms with Crippen LogP contribution in [0.5, 0.6) is 5.75 Å². The zero-order valence-electron chi connectivity index (χ0n) is 21.3. The molecule has 0 aromatic heterocycles. The zero-order valence-corrected chi connectivity index (χ0v) is 22.1. The fourth-order valence-corrected chi connectivity index (χ4v) is 4.62. The molecule has 37 heavy (non-hydrogen) atoms. The van der Waals surface area contributed by atoms with E-state index in [1.54, 1.807) is 6.92 Å². The Kier molecular flexibility index (Phi) is 8.81. The largest absolute Gasteiger partial charge is 0.508 e. The number of rotatable bonds is 7.